The molecule has 1 atom stereocenters. The van der Waals surface area contributed by atoms with E-state index in [9.17, 15) is 8.42 Å². The number of rotatable bonds is 0. The summed E-state index contributed by atoms with van der Waals surface area (Å²) in [5, 5.41) is 1.88. The lowest BCUT2D eigenvalue weighted by Gasteiger charge is -2.17. The molecule has 2 N–H and O–H groups in total. The highest BCUT2D eigenvalue weighted by atomic mass is 32.2. The van der Waals surface area contributed by atoms with Crippen LogP contribution in [-0.2, 0) is 9.84 Å². The Morgan fingerprint density at radius 3 is 2.56 bits per heavy atom. The number of sulfone groups is 1. The van der Waals surface area contributed by atoms with Crippen LogP contribution in [0.15, 0.2) is 0 Å². The molecule has 0 aromatic heterocycles. The predicted octanol–water partition coefficient (Wildman–Crippen LogP) is -1.39. The molecule has 4 nitrogen and oxygen atoms in total. The van der Waals surface area contributed by atoms with Gasteiger partial charge in [-0.1, -0.05) is 0 Å². The van der Waals surface area contributed by atoms with Crippen LogP contribution in [0.4, 0.5) is 0 Å². The molecular weight excluding hydrogens is 140 g/mol. The second kappa shape index (κ2) is 2.24. The maximum atomic E-state index is 10.8. The van der Waals surface area contributed by atoms with Crippen molar-refractivity contribution in [3.05, 3.63) is 0 Å². The summed E-state index contributed by atoms with van der Waals surface area (Å²) in [6, 6.07) is 0. The summed E-state index contributed by atoms with van der Waals surface area (Å²) in [4.78, 5) is 0. The van der Waals surface area contributed by atoms with Gasteiger partial charge in [-0.2, -0.15) is 0 Å². The van der Waals surface area contributed by atoms with Gasteiger partial charge < -0.3 is 5.32 Å². The minimum absolute atomic E-state index is 0.112. The predicted molar refractivity (Wildman–Crippen MR) is 33.5 cm³/mol. The third-order valence-corrected chi connectivity index (χ3v) is 3.13. The van der Waals surface area contributed by atoms with Crippen molar-refractivity contribution in [1.82, 2.24) is 11.1 Å². The van der Waals surface area contributed by atoms with Crippen LogP contribution in [0, 0.1) is 0 Å². The fourth-order valence-corrected chi connectivity index (χ4v) is 1.80. The van der Waals surface area contributed by atoms with Gasteiger partial charge in [-0.3, -0.25) is 0 Å². The second-order valence-electron chi connectivity index (χ2n) is 2.06. The van der Waals surface area contributed by atoms with Gasteiger partial charge in [-0.05, 0) is 0 Å². The van der Waals surface area contributed by atoms with Gasteiger partial charge >= 0.3 is 0 Å². The summed E-state index contributed by atoms with van der Waals surface area (Å²) in [7, 11) is -3.06. The molecule has 1 aliphatic rings. The summed E-state index contributed by atoms with van der Waals surface area (Å²) in [6.07, 6.45) is 0. The molecule has 1 rings (SSSR count). The van der Waals surface area contributed by atoms with Gasteiger partial charge in [0.25, 0.3) is 0 Å². The van der Waals surface area contributed by atoms with Crippen molar-refractivity contribution in [3.8, 4) is 0 Å². The Bertz CT molecular complexity index is 187. The first-order valence-electron chi connectivity index (χ1n) is 2.76. The zero-order chi connectivity index (χ0) is 6.91. The van der Waals surface area contributed by atoms with Crippen molar-refractivity contribution in [2.45, 2.75) is 5.37 Å². The molecule has 1 fully saturated rings. The molecule has 1 saturated heterocycles. The van der Waals surface area contributed by atoms with E-state index in [1.807, 2.05) is 0 Å². The van der Waals surface area contributed by atoms with Crippen LogP contribution in [-0.4, -0.2) is 32.6 Å². The number of hydrogen-bond donors (Lipinski definition) is 1. The zero-order valence-electron chi connectivity index (χ0n) is 4.92. The maximum Gasteiger partial charge on any atom is 0.169 e. The first kappa shape index (κ1) is 6.98. The van der Waals surface area contributed by atoms with Crippen LogP contribution in [0.2, 0.25) is 0 Å². The van der Waals surface area contributed by atoms with Gasteiger partial charge in [0.05, 0.1) is 5.75 Å². The van der Waals surface area contributed by atoms with Crippen LogP contribution in [0.3, 0.4) is 0 Å². The van der Waals surface area contributed by atoms with E-state index in [-0.39, 0.29) is 12.3 Å². The number of nitrogens with one attached hydrogen (secondary N) is 2. The third kappa shape index (κ3) is 1.41. The molecule has 53 valence electrons. The monoisotopic (exact) mass is 149 g/mol. The summed E-state index contributed by atoms with van der Waals surface area (Å²) in [6.45, 7) is 0.778. The zero-order valence-corrected chi connectivity index (χ0v) is 5.74. The molecule has 0 saturated carbocycles. The summed E-state index contributed by atoms with van der Waals surface area (Å²) in [5.41, 5.74) is 7.02. The van der Waals surface area contributed by atoms with Gasteiger partial charge in [-0.25, -0.2) is 14.2 Å². The lowest BCUT2D eigenvalue weighted by Crippen LogP contribution is -2.44. The molecule has 5 heteroatoms. The Hall–Kier alpha value is -0.130. The van der Waals surface area contributed by atoms with E-state index >= 15 is 0 Å². The second-order valence-corrected chi connectivity index (χ2v) is 4.36. The molecule has 0 aromatic rings. The van der Waals surface area contributed by atoms with Gasteiger partial charge in [0, 0.05) is 13.1 Å². The first-order valence-corrected chi connectivity index (χ1v) is 4.48. The Balaban J connectivity index is 2.72. The standard InChI is InChI=1S/C4H9N2O2S/c5-4-3-6-1-2-9(4,7)8/h4-6H,1-3H2. The van der Waals surface area contributed by atoms with E-state index in [4.69, 9.17) is 5.73 Å². The van der Waals surface area contributed by atoms with Crippen molar-refractivity contribution in [1.29, 1.82) is 0 Å². The molecule has 1 radical (unpaired) electrons. The van der Waals surface area contributed by atoms with E-state index in [1.54, 1.807) is 0 Å². The Morgan fingerprint density at radius 2 is 2.22 bits per heavy atom. The number of hydrogen-bond acceptors (Lipinski definition) is 3. The molecule has 0 amide bonds. The summed E-state index contributed by atoms with van der Waals surface area (Å²) < 4.78 is 21.5. The van der Waals surface area contributed by atoms with E-state index < -0.39 is 15.2 Å². The van der Waals surface area contributed by atoms with Crippen molar-refractivity contribution in [2.75, 3.05) is 18.8 Å². The average molecular weight is 149 g/mol. The molecule has 0 aliphatic carbocycles. The minimum atomic E-state index is -3.06. The van der Waals surface area contributed by atoms with Crippen molar-refractivity contribution in [2.24, 2.45) is 0 Å². The lowest BCUT2D eigenvalue weighted by molar-refractivity contribution is 0.545. The van der Waals surface area contributed by atoms with Crippen LogP contribution in [0.25, 0.3) is 0 Å². The Labute approximate surface area is 54.3 Å². The highest BCUT2D eigenvalue weighted by Gasteiger charge is 2.24. The molecule has 0 bridgehead atoms. The average Bonchev–Trinajstić information content (AvgIpc) is 1.77. The van der Waals surface area contributed by atoms with Crippen LogP contribution >= 0.6 is 0 Å². The lowest BCUT2D eigenvalue weighted by atomic mass is 10.6. The van der Waals surface area contributed by atoms with Crippen LogP contribution in [0.5, 0.6) is 0 Å². The summed E-state index contributed by atoms with van der Waals surface area (Å²) in [5.74, 6) is 0.112. The smallest absolute Gasteiger partial charge is 0.169 e. The normalized spacial score (nSPS) is 34.1. The van der Waals surface area contributed by atoms with Gasteiger partial charge in [0.15, 0.2) is 9.84 Å². The fraction of sp³-hybridized carbons (Fsp3) is 1.00. The van der Waals surface area contributed by atoms with Gasteiger partial charge in [-0.15, -0.1) is 0 Å². The topological polar surface area (TPSA) is 70.0 Å². The third-order valence-electron chi connectivity index (χ3n) is 1.33. The summed E-state index contributed by atoms with van der Waals surface area (Å²) >= 11 is 0. The highest BCUT2D eigenvalue weighted by molar-refractivity contribution is 7.92. The van der Waals surface area contributed by atoms with Crippen molar-refractivity contribution in [3.63, 3.8) is 0 Å². The van der Waals surface area contributed by atoms with E-state index in [2.05, 4.69) is 5.32 Å². The van der Waals surface area contributed by atoms with Gasteiger partial charge in [0.2, 0.25) is 0 Å². The minimum Gasteiger partial charge on any atom is -0.313 e. The fourth-order valence-electron chi connectivity index (χ4n) is 0.717. The SMILES string of the molecule is [NH]C1CNCCS1(=O)=O. The molecule has 0 spiro atoms. The molecule has 9 heavy (non-hydrogen) atoms. The van der Waals surface area contributed by atoms with Gasteiger partial charge in [0.1, 0.15) is 5.37 Å². The molecule has 1 heterocycles. The Kier molecular flexibility index (Phi) is 1.74. The first-order chi connectivity index (χ1) is 4.13. The van der Waals surface area contributed by atoms with E-state index in [0.29, 0.717) is 6.54 Å². The quantitative estimate of drug-likeness (QED) is 0.461. The molecule has 1 unspecified atom stereocenters. The molecule has 0 aromatic carbocycles. The maximum absolute atomic E-state index is 10.8. The molecular formula is C4H9N2O2S. The van der Waals surface area contributed by atoms with E-state index in [1.165, 1.54) is 0 Å². The van der Waals surface area contributed by atoms with Crippen LogP contribution < -0.4 is 11.1 Å². The van der Waals surface area contributed by atoms with Crippen molar-refractivity contribution >= 4 is 9.84 Å². The van der Waals surface area contributed by atoms with E-state index in [0.717, 1.165) is 0 Å². The Morgan fingerprint density at radius 1 is 1.56 bits per heavy atom. The molecule has 1 aliphatic heterocycles. The van der Waals surface area contributed by atoms with Crippen molar-refractivity contribution < 1.29 is 8.42 Å². The largest absolute Gasteiger partial charge is 0.313 e. The van der Waals surface area contributed by atoms with Crippen LogP contribution in [0.1, 0.15) is 0 Å². The highest BCUT2D eigenvalue weighted by Crippen LogP contribution is 2.00.